The van der Waals surface area contributed by atoms with Gasteiger partial charge < -0.3 is 0 Å². The number of hydrogen-bond donors (Lipinski definition) is 0. The third-order valence-electron chi connectivity index (χ3n) is 4.35. The molecule has 0 unspecified atom stereocenters. The van der Waals surface area contributed by atoms with Crippen molar-refractivity contribution in [3.05, 3.63) is 83.7 Å². The van der Waals surface area contributed by atoms with E-state index in [9.17, 15) is 4.39 Å². The van der Waals surface area contributed by atoms with E-state index in [1.165, 1.54) is 11.1 Å². The summed E-state index contributed by atoms with van der Waals surface area (Å²) in [7, 11) is 0. The lowest BCUT2D eigenvalue weighted by Gasteiger charge is -2.09. The average molecular weight is 430 g/mol. The SMILES string of the molecule is CCc1ccc(-c2ccc(-c3ccc([C@H](C)I)cc3)cc2F)cc1. The highest BCUT2D eigenvalue weighted by Gasteiger charge is 2.08. The second-order valence-corrected chi connectivity index (χ2v) is 7.85. The smallest absolute Gasteiger partial charge is 0.131 e. The molecule has 0 aromatic heterocycles. The van der Waals surface area contributed by atoms with Crippen LogP contribution in [0.3, 0.4) is 0 Å². The Morgan fingerprint density at radius 3 is 1.96 bits per heavy atom. The molecule has 0 amide bonds. The largest absolute Gasteiger partial charge is 0.206 e. The molecule has 122 valence electrons. The first-order valence-corrected chi connectivity index (χ1v) is 9.46. The molecule has 0 aliphatic rings. The van der Waals surface area contributed by atoms with Gasteiger partial charge in [0.2, 0.25) is 0 Å². The van der Waals surface area contributed by atoms with Gasteiger partial charge in [0, 0.05) is 9.49 Å². The molecule has 3 rings (SSSR count). The van der Waals surface area contributed by atoms with E-state index < -0.39 is 0 Å². The van der Waals surface area contributed by atoms with Crippen LogP contribution < -0.4 is 0 Å². The van der Waals surface area contributed by atoms with E-state index >= 15 is 0 Å². The van der Waals surface area contributed by atoms with Crippen LogP contribution in [0.1, 0.15) is 28.9 Å². The molecular weight excluding hydrogens is 410 g/mol. The van der Waals surface area contributed by atoms with Crippen molar-refractivity contribution in [2.24, 2.45) is 0 Å². The molecule has 2 heteroatoms. The van der Waals surface area contributed by atoms with Gasteiger partial charge in [-0.15, -0.1) is 0 Å². The Bertz CT molecular complexity index is 818. The quantitative estimate of drug-likeness (QED) is 0.303. The molecule has 3 aromatic rings. The number of aryl methyl sites for hydroxylation is 1. The van der Waals surface area contributed by atoms with Gasteiger partial charge in [-0.05, 0) is 47.2 Å². The third kappa shape index (κ3) is 3.69. The topological polar surface area (TPSA) is 0 Å². The molecule has 0 radical (unpaired) electrons. The molecule has 0 nitrogen and oxygen atoms in total. The number of benzene rings is 3. The van der Waals surface area contributed by atoms with Crippen LogP contribution in [0.5, 0.6) is 0 Å². The summed E-state index contributed by atoms with van der Waals surface area (Å²) in [5, 5.41) is 0. The summed E-state index contributed by atoms with van der Waals surface area (Å²) < 4.78 is 15.1. The summed E-state index contributed by atoms with van der Waals surface area (Å²) >= 11 is 2.40. The Kier molecular flexibility index (Phi) is 5.34. The van der Waals surface area contributed by atoms with Crippen molar-refractivity contribution in [1.82, 2.24) is 0 Å². The lowest BCUT2D eigenvalue weighted by atomic mass is 9.98. The second-order valence-electron chi connectivity index (χ2n) is 5.98. The molecule has 0 spiro atoms. The van der Waals surface area contributed by atoms with Gasteiger partial charge in [0.15, 0.2) is 0 Å². The fourth-order valence-electron chi connectivity index (χ4n) is 2.79. The van der Waals surface area contributed by atoms with Crippen molar-refractivity contribution in [3.8, 4) is 22.3 Å². The Hall–Kier alpha value is -1.68. The number of alkyl halides is 1. The van der Waals surface area contributed by atoms with Crippen molar-refractivity contribution < 1.29 is 4.39 Å². The van der Waals surface area contributed by atoms with E-state index in [2.05, 4.69) is 72.8 Å². The van der Waals surface area contributed by atoms with Crippen LogP contribution in [0, 0.1) is 5.82 Å². The molecule has 0 bridgehead atoms. The van der Waals surface area contributed by atoms with Crippen molar-refractivity contribution in [3.63, 3.8) is 0 Å². The summed E-state index contributed by atoms with van der Waals surface area (Å²) in [6.45, 7) is 4.28. The minimum atomic E-state index is -0.178. The van der Waals surface area contributed by atoms with Crippen LogP contribution in [0.15, 0.2) is 66.7 Å². The predicted molar refractivity (Wildman–Crippen MR) is 109 cm³/mol. The normalized spacial score (nSPS) is 12.2. The summed E-state index contributed by atoms with van der Waals surface area (Å²) in [5.74, 6) is -0.178. The maximum Gasteiger partial charge on any atom is 0.131 e. The standard InChI is InChI=1S/C22H20FI/c1-3-16-4-6-19(7-5-16)21-13-12-20(14-22(21)23)18-10-8-17(9-11-18)15(2)24/h4-15H,3H2,1-2H3/t15-/m0/s1. The van der Waals surface area contributed by atoms with Gasteiger partial charge in [-0.3, -0.25) is 0 Å². The molecule has 0 heterocycles. The minimum absolute atomic E-state index is 0.178. The number of rotatable bonds is 4. The Labute approximate surface area is 156 Å². The van der Waals surface area contributed by atoms with E-state index in [0.717, 1.165) is 23.1 Å². The highest BCUT2D eigenvalue weighted by atomic mass is 127. The maximum absolute atomic E-state index is 14.6. The van der Waals surface area contributed by atoms with E-state index in [1.807, 2.05) is 24.3 Å². The van der Waals surface area contributed by atoms with E-state index in [-0.39, 0.29) is 5.82 Å². The zero-order chi connectivity index (χ0) is 17.1. The van der Waals surface area contributed by atoms with Gasteiger partial charge in [0.25, 0.3) is 0 Å². The average Bonchev–Trinajstić information content (AvgIpc) is 2.62. The van der Waals surface area contributed by atoms with Crippen LogP contribution in [0.2, 0.25) is 0 Å². The van der Waals surface area contributed by atoms with E-state index in [1.54, 1.807) is 6.07 Å². The highest BCUT2D eigenvalue weighted by Crippen LogP contribution is 2.30. The van der Waals surface area contributed by atoms with Crippen molar-refractivity contribution >= 4 is 22.6 Å². The molecule has 0 aliphatic carbocycles. The summed E-state index contributed by atoms with van der Waals surface area (Å²) in [4.78, 5) is 0. The molecule has 0 fully saturated rings. The summed E-state index contributed by atoms with van der Waals surface area (Å²) in [5.41, 5.74) is 6.08. The fourth-order valence-corrected chi connectivity index (χ4v) is 3.20. The summed E-state index contributed by atoms with van der Waals surface area (Å²) in [6, 6.07) is 22.0. The Balaban J connectivity index is 1.91. The lowest BCUT2D eigenvalue weighted by molar-refractivity contribution is 0.632. The molecule has 0 N–H and O–H groups in total. The Morgan fingerprint density at radius 2 is 1.42 bits per heavy atom. The van der Waals surface area contributed by atoms with Crippen molar-refractivity contribution in [2.75, 3.05) is 0 Å². The molecule has 0 saturated carbocycles. The fraction of sp³-hybridized carbons (Fsp3) is 0.182. The van der Waals surface area contributed by atoms with Crippen molar-refractivity contribution in [2.45, 2.75) is 24.2 Å². The van der Waals surface area contributed by atoms with Gasteiger partial charge in [0.1, 0.15) is 5.82 Å². The van der Waals surface area contributed by atoms with E-state index in [4.69, 9.17) is 0 Å². The molecule has 0 saturated heterocycles. The van der Waals surface area contributed by atoms with Gasteiger partial charge in [-0.25, -0.2) is 4.39 Å². The number of hydrogen-bond acceptors (Lipinski definition) is 0. The van der Waals surface area contributed by atoms with Gasteiger partial charge in [-0.2, -0.15) is 0 Å². The summed E-state index contributed by atoms with van der Waals surface area (Å²) in [6.07, 6.45) is 0.994. The second kappa shape index (κ2) is 7.47. The first-order chi connectivity index (χ1) is 11.6. The van der Waals surface area contributed by atoms with Gasteiger partial charge in [-0.1, -0.05) is 90.2 Å². The first kappa shape index (κ1) is 17.2. The molecule has 3 aromatic carbocycles. The van der Waals surface area contributed by atoms with Crippen LogP contribution in [-0.2, 0) is 6.42 Å². The zero-order valence-corrected chi connectivity index (χ0v) is 16.0. The molecule has 0 aliphatic heterocycles. The van der Waals surface area contributed by atoms with Crippen LogP contribution in [0.25, 0.3) is 22.3 Å². The third-order valence-corrected chi connectivity index (χ3v) is 5.06. The lowest BCUT2D eigenvalue weighted by Crippen LogP contribution is -1.88. The molecular formula is C22H20FI. The van der Waals surface area contributed by atoms with Crippen LogP contribution >= 0.6 is 22.6 Å². The molecule has 1 atom stereocenters. The van der Waals surface area contributed by atoms with Gasteiger partial charge >= 0.3 is 0 Å². The Morgan fingerprint density at radius 1 is 0.833 bits per heavy atom. The van der Waals surface area contributed by atoms with Crippen LogP contribution in [-0.4, -0.2) is 0 Å². The zero-order valence-electron chi connectivity index (χ0n) is 13.9. The highest BCUT2D eigenvalue weighted by molar-refractivity contribution is 14.1. The van der Waals surface area contributed by atoms with Gasteiger partial charge in [0.05, 0.1) is 0 Å². The van der Waals surface area contributed by atoms with Crippen LogP contribution in [0.4, 0.5) is 4.39 Å². The minimum Gasteiger partial charge on any atom is -0.206 e. The predicted octanol–water partition coefficient (Wildman–Crippen LogP) is 7.22. The molecule has 24 heavy (non-hydrogen) atoms. The maximum atomic E-state index is 14.6. The first-order valence-electron chi connectivity index (χ1n) is 8.21. The number of halogens is 2. The van der Waals surface area contributed by atoms with E-state index in [0.29, 0.717) is 9.49 Å². The van der Waals surface area contributed by atoms with Crippen molar-refractivity contribution in [1.29, 1.82) is 0 Å². The monoisotopic (exact) mass is 430 g/mol.